The summed E-state index contributed by atoms with van der Waals surface area (Å²) in [5.74, 6) is -10.3. The Labute approximate surface area is 814 Å². The van der Waals surface area contributed by atoms with Crippen molar-refractivity contribution in [2.75, 3.05) is 212 Å². The molecule has 3 aliphatic rings. The van der Waals surface area contributed by atoms with Gasteiger partial charge < -0.3 is 148 Å². The summed E-state index contributed by atoms with van der Waals surface area (Å²) in [5, 5.41) is 69.4. The Morgan fingerprint density at radius 2 is 1.09 bits per heavy atom. The summed E-state index contributed by atoms with van der Waals surface area (Å²) in [5.41, 5.74) is 0.569. The molecule has 0 saturated carbocycles. The third-order valence-electron chi connectivity index (χ3n) is 23.6. The maximum atomic E-state index is 15.0. The molecule has 11 amide bonds. The van der Waals surface area contributed by atoms with E-state index >= 15 is 4.79 Å². The normalized spacial score (nSPS) is 18.9. The molecule has 3 aliphatic heterocycles. The van der Waals surface area contributed by atoms with Gasteiger partial charge in [0.2, 0.25) is 53.5 Å². The third-order valence-corrected chi connectivity index (χ3v) is 23.6. The summed E-state index contributed by atoms with van der Waals surface area (Å²) in [4.78, 5) is 169. The number of imide groups is 1. The lowest BCUT2D eigenvalue weighted by Gasteiger charge is -2.41. The van der Waals surface area contributed by atoms with E-state index in [0.717, 1.165) is 17.1 Å². The second-order valence-electron chi connectivity index (χ2n) is 34.5. The van der Waals surface area contributed by atoms with Crippen LogP contribution in [0.2, 0.25) is 0 Å². The summed E-state index contributed by atoms with van der Waals surface area (Å²) in [6, 6.07) is 5.83. The zero-order valence-electron chi connectivity index (χ0n) is 83.1. The van der Waals surface area contributed by atoms with Gasteiger partial charge in [0.05, 0.1) is 206 Å². The van der Waals surface area contributed by atoms with Gasteiger partial charge in [0.15, 0.2) is 6.10 Å². The van der Waals surface area contributed by atoms with Crippen molar-refractivity contribution in [1.82, 2.24) is 46.2 Å². The van der Waals surface area contributed by atoms with Gasteiger partial charge in [-0.25, -0.2) is 9.59 Å². The second kappa shape index (κ2) is 67.3. The van der Waals surface area contributed by atoms with Crippen LogP contribution in [0.25, 0.3) is 0 Å². The first-order valence-corrected chi connectivity index (χ1v) is 47.8. The molecular weight excluding hydrogens is 1830 g/mol. The van der Waals surface area contributed by atoms with E-state index in [1.807, 2.05) is 19.9 Å². The number of aliphatic carboxylic acids is 1. The highest BCUT2D eigenvalue weighted by atomic mass is 16.7. The Morgan fingerprint density at radius 1 is 0.561 bits per heavy atom. The zero-order valence-corrected chi connectivity index (χ0v) is 83.1. The first kappa shape index (κ1) is 120. The molecule has 0 spiro atoms. The highest BCUT2D eigenvalue weighted by Crippen LogP contribution is 2.34. The number of nitrogens with one attached hydrogen (secondary N) is 6. The monoisotopic (exact) mass is 1980 g/mol. The summed E-state index contributed by atoms with van der Waals surface area (Å²) in [6.07, 6.45) is -10.3. The van der Waals surface area contributed by atoms with Crippen molar-refractivity contribution in [3.63, 3.8) is 0 Å². The number of hydrogen-bond acceptors (Lipinski definition) is 33. The summed E-state index contributed by atoms with van der Waals surface area (Å²) < 4.78 is 94.5. The fraction of sp³-hybridized carbons (Fsp3) is 0.726. The number of carbonyl (C=O) groups excluding carboxylic acids is 11. The number of carbonyl (C=O) groups is 12. The molecular formula is C95H154N10O34. The molecule has 0 aromatic heterocycles. The molecule has 2 aromatic rings. The number of likely N-dealkylation sites (N-methyl/N-ethyl adjacent to an activating group) is 2. The Bertz CT molecular complexity index is 3990. The van der Waals surface area contributed by atoms with E-state index in [1.165, 1.54) is 51.3 Å². The van der Waals surface area contributed by atoms with E-state index in [2.05, 4.69) is 31.9 Å². The van der Waals surface area contributed by atoms with Gasteiger partial charge in [0, 0.05) is 80.1 Å². The number of aliphatic hydroxyl groups excluding tert-OH is 4. The number of rotatable bonds is 74. The SMILES string of the molecule is CC[C@H](C)[C@@H]([C@@H](CC(=O)N1CCC[C@H]1[C@H](OC)[C@@H](C)C(=O)N[C@H](C)[C@@H](O)c1ccccc1)OC)N(C)C(=O)[C@@H](NC(=O)[C@H](C(C)C)N(C)C(=O)OCc1ccc(O[C@@H]2O[C@H](C(=O)O)[C@@H](O)[C@H](O)[C@H]2O)c(NC(=O)CCNC(=O)[C@H](CCCCNC(=O)CCOCCOCCOCCOCCOCCOCCOCCOCCOCCOCCOCCOC)NC(=O)[C@H](C)N2C(=O)C=CC2=O)c1)C(C)C. The number of likely N-dealkylation sites (tertiary alicyclic amines) is 1. The van der Waals surface area contributed by atoms with Gasteiger partial charge in [-0.05, 0) is 87.0 Å². The van der Waals surface area contributed by atoms with Gasteiger partial charge in [-0.3, -0.25) is 57.7 Å². The Morgan fingerprint density at radius 3 is 1.59 bits per heavy atom. The van der Waals surface area contributed by atoms with Crippen molar-refractivity contribution >= 4 is 76.8 Å². The Balaban J connectivity index is 1.09. The summed E-state index contributed by atoms with van der Waals surface area (Å²) >= 11 is 0. The predicted octanol–water partition coefficient (Wildman–Crippen LogP) is 1.60. The smallest absolute Gasteiger partial charge is 0.410 e. The first-order chi connectivity index (χ1) is 66.6. The van der Waals surface area contributed by atoms with Crippen LogP contribution in [0.1, 0.15) is 137 Å². The van der Waals surface area contributed by atoms with Gasteiger partial charge in [-0.1, -0.05) is 91.3 Å². The molecule has 2 aromatic carbocycles. The Kier molecular flexibility index (Phi) is 58.3. The minimum atomic E-state index is -2.10. The summed E-state index contributed by atoms with van der Waals surface area (Å²) in [7, 11) is 7.47. The standard InChI is InChI=1S/C95H154N10O34/c1-15-63(6)81(73(124-13)59-78(110)104-34-21-25-71(104)86(125-14)64(7)88(115)98-65(8)82(111)68-22-17-16-18-23-68)102(10)92(119)79(61(2)3)101-91(118)80(62(4)5)103(11)95(122)137-60-67-26-27-72(138-94-85(114)83(112)84(113)87(139-94)93(120)121)70(58-67)99-75(107)30-33-97-90(117)69(100-89(116)66(9)105-76(108)28-29-77(105)109)24-19-20-32-96-74(106)31-35-126-38-39-128-42-43-130-46-47-132-50-51-134-54-55-136-57-56-135-53-52-133-49-48-131-45-44-129-41-40-127-37-36-123-12/h16-18,22-23,26-29,58,61-66,69,71,73,79-87,94,111-114H,15,19-21,24-25,30-57,59-60H2,1-14H3,(H,96,106)(H,97,117)(H,98,115)(H,99,107)(H,100,116)(H,101,118)(H,120,121)/t63-,64+,65+,66-,69-,71-,73+,79-,80-,81-,82+,83-,84-,85+,86+,87-,94+/m0/s1. The third kappa shape index (κ3) is 42.5. The number of aliphatic hydroxyl groups is 4. The lowest BCUT2D eigenvalue weighted by Crippen LogP contribution is -2.61. The number of benzene rings is 2. The van der Waals surface area contributed by atoms with Gasteiger partial charge in [-0.15, -0.1) is 0 Å². The topological polar surface area (TPSA) is 548 Å². The maximum Gasteiger partial charge on any atom is 0.410 e. The van der Waals surface area contributed by atoms with Gasteiger partial charge >= 0.3 is 12.1 Å². The molecule has 0 unspecified atom stereocenters. The molecule has 11 N–H and O–H groups in total. The van der Waals surface area contributed by atoms with Gasteiger partial charge in [0.1, 0.15) is 54.8 Å². The van der Waals surface area contributed by atoms with Gasteiger partial charge in [0.25, 0.3) is 11.8 Å². The molecule has 3 heterocycles. The largest absolute Gasteiger partial charge is 0.479 e. The van der Waals surface area contributed by atoms with Gasteiger partial charge in [-0.2, -0.15) is 0 Å². The molecule has 0 radical (unpaired) electrons. The van der Waals surface area contributed by atoms with Crippen LogP contribution < -0.4 is 36.6 Å². The quantitative estimate of drug-likeness (QED) is 0.0331. The van der Waals surface area contributed by atoms with E-state index in [-0.39, 0.29) is 92.7 Å². The van der Waals surface area contributed by atoms with Crippen molar-refractivity contribution < 1.29 is 164 Å². The molecule has 2 saturated heterocycles. The lowest BCUT2D eigenvalue weighted by molar-refractivity contribution is -0.271. The minimum Gasteiger partial charge on any atom is -0.479 e. The molecule has 0 bridgehead atoms. The maximum absolute atomic E-state index is 15.0. The fourth-order valence-corrected chi connectivity index (χ4v) is 15.6. The number of carboxylic acid groups (broad SMARTS) is 1. The number of ether oxygens (including phenoxy) is 17. The first-order valence-electron chi connectivity index (χ1n) is 47.8. The van der Waals surface area contributed by atoms with Crippen LogP contribution in [0.4, 0.5) is 10.5 Å². The number of methoxy groups -OCH3 is 3. The number of amides is 11. The summed E-state index contributed by atoms with van der Waals surface area (Å²) in [6.45, 7) is 24.3. The number of unbranched alkanes of at least 4 members (excludes halogenated alkanes) is 1. The average molecular weight is 1980 g/mol. The molecule has 2 fully saturated rings. The highest BCUT2D eigenvalue weighted by molar-refractivity contribution is 6.15. The van der Waals surface area contributed by atoms with E-state index in [9.17, 15) is 78.3 Å². The van der Waals surface area contributed by atoms with E-state index < -0.39 is 182 Å². The lowest BCUT2D eigenvalue weighted by atomic mass is 9.89. The van der Waals surface area contributed by atoms with Crippen molar-refractivity contribution in [2.24, 2.45) is 23.7 Å². The molecule has 788 valence electrons. The zero-order chi connectivity index (χ0) is 102. The van der Waals surface area contributed by atoms with Crippen molar-refractivity contribution in [3.05, 3.63) is 71.8 Å². The van der Waals surface area contributed by atoms with E-state index in [1.54, 1.807) is 84.9 Å². The molecule has 44 nitrogen and oxygen atoms in total. The van der Waals surface area contributed by atoms with E-state index in [0.29, 0.717) is 175 Å². The van der Waals surface area contributed by atoms with Crippen LogP contribution in [0, 0.1) is 23.7 Å². The number of carboxylic acids is 1. The van der Waals surface area contributed by atoms with E-state index in [4.69, 9.17) is 80.5 Å². The molecule has 0 aliphatic carbocycles. The Hall–Kier alpha value is -9.14. The molecule has 5 rings (SSSR count). The van der Waals surface area contributed by atoms with Crippen molar-refractivity contribution in [1.29, 1.82) is 0 Å². The number of nitrogens with zero attached hydrogens (tertiary/aromatic N) is 4. The number of anilines is 1. The van der Waals surface area contributed by atoms with Crippen LogP contribution in [-0.2, 0) is 135 Å². The van der Waals surface area contributed by atoms with Crippen LogP contribution in [-0.4, -0.2) is 408 Å². The highest BCUT2D eigenvalue weighted by Gasteiger charge is 2.49. The van der Waals surface area contributed by atoms with Crippen LogP contribution in [0.3, 0.4) is 0 Å². The predicted molar refractivity (Wildman–Crippen MR) is 501 cm³/mol. The van der Waals surface area contributed by atoms with Crippen LogP contribution in [0.15, 0.2) is 60.7 Å². The van der Waals surface area contributed by atoms with Crippen molar-refractivity contribution in [2.45, 2.75) is 218 Å². The molecule has 44 heteroatoms. The van der Waals surface area contributed by atoms with Crippen LogP contribution in [0.5, 0.6) is 5.75 Å². The fourth-order valence-electron chi connectivity index (χ4n) is 15.6. The van der Waals surface area contributed by atoms with Crippen molar-refractivity contribution in [3.8, 4) is 5.75 Å². The van der Waals surface area contributed by atoms with Crippen LogP contribution >= 0.6 is 0 Å². The number of hydrogen-bond donors (Lipinski definition) is 11. The second-order valence-corrected chi connectivity index (χ2v) is 34.5. The molecule has 17 atom stereocenters. The minimum absolute atomic E-state index is 0.0267. The average Bonchev–Trinajstić information content (AvgIpc) is 1.78. The molecule has 139 heavy (non-hydrogen) atoms.